The minimum absolute atomic E-state index is 0.146. The number of hydrogen-bond donors (Lipinski definition) is 0. The quantitative estimate of drug-likeness (QED) is 0.710. The van der Waals surface area contributed by atoms with Crippen molar-refractivity contribution in [1.29, 1.82) is 0 Å². The van der Waals surface area contributed by atoms with Crippen LogP contribution in [0.25, 0.3) is 0 Å². The SMILES string of the molecule is COC(=O)c1ccn(-n2ccc(C(=O)OC)n2)n1. The minimum atomic E-state index is -0.547. The molecule has 0 bridgehead atoms. The predicted molar refractivity (Wildman–Crippen MR) is 57.9 cm³/mol. The van der Waals surface area contributed by atoms with Crippen LogP contribution < -0.4 is 0 Å². The standard InChI is InChI=1S/C10H10N4O4/c1-17-9(15)7-3-5-13(11-7)14-6-4-8(12-14)10(16)18-2/h3-6H,1-2H3. The van der Waals surface area contributed by atoms with E-state index in [0.29, 0.717) is 0 Å². The van der Waals surface area contributed by atoms with Crippen molar-refractivity contribution >= 4 is 11.9 Å². The molecule has 0 saturated heterocycles. The van der Waals surface area contributed by atoms with Gasteiger partial charge in [0.1, 0.15) is 0 Å². The zero-order valence-electron chi connectivity index (χ0n) is 9.73. The molecular formula is C10H10N4O4. The van der Waals surface area contributed by atoms with Gasteiger partial charge in [0.05, 0.1) is 26.6 Å². The Morgan fingerprint density at radius 2 is 1.33 bits per heavy atom. The number of carbonyl (C=O) groups is 2. The van der Waals surface area contributed by atoms with E-state index >= 15 is 0 Å². The first kappa shape index (κ1) is 11.8. The van der Waals surface area contributed by atoms with E-state index in [1.807, 2.05) is 0 Å². The first-order valence-corrected chi connectivity index (χ1v) is 4.94. The third-order valence-electron chi connectivity index (χ3n) is 2.15. The van der Waals surface area contributed by atoms with E-state index in [0.717, 1.165) is 0 Å². The molecule has 2 aromatic rings. The summed E-state index contributed by atoms with van der Waals surface area (Å²) in [6, 6.07) is 2.96. The molecule has 0 saturated carbocycles. The van der Waals surface area contributed by atoms with Crippen molar-refractivity contribution in [3.63, 3.8) is 0 Å². The number of rotatable bonds is 3. The molecule has 8 heteroatoms. The molecule has 0 N–H and O–H groups in total. The molecule has 8 nitrogen and oxygen atoms in total. The van der Waals surface area contributed by atoms with Crippen LogP contribution in [-0.4, -0.2) is 45.9 Å². The van der Waals surface area contributed by atoms with Crippen LogP contribution in [0.2, 0.25) is 0 Å². The molecule has 94 valence electrons. The Morgan fingerprint density at radius 1 is 0.944 bits per heavy atom. The molecule has 0 unspecified atom stereocenters. The highest BCUT2D eigenvalue weighted by Gasteiger charge is 2.12. The lowest BCUT2D eigenvalue weighted by Gasteiger charge is -1.99. The lowest BCUT2D eigenvalue weighted by atomic mass is 10.4. The van der Waals surface area contributed by atoms with E-state index in [1.54, 1.807) is 0 Å². The number of ether oxygens (including phenoxy) is 2. The summed E-state index contributed by atoms with van der Waals surface area (Å²) in [4.78, 5) is 25.0. The summed E-state index contributed by atoms with van der Waals surface area (Å²) >= 11 is 0. The Hall–Kier alpha value is -2.64. The average molecular weight is 250 g/mol. The van der Waals surface area contributed by atoms with E-state index in [1.165, 1.54) is 48.3 Å². The van der Waals surface area contributed by atoms with Gasteiger partial charge in [-0.15, -0.1) is 10.2 Å². The van der Waals surface area contributed by atoms with Gasteiger partial charge >= 0.3 is 11.9 Å². The van der Waals surface area contributed by atoms with E-state index in [4.69, 9.17) is 0 Å². The molecule has 0 aliphatic heterocycles. The number of hydrogen-bond acceptors (Lipinski definition) is 6. The lowest BCUT2D eigenvalue weighted by Crippen LogP contribution is -2.13. The number of methoxy groups -OCH3 is 2. The first-order chi connectivity index (χ1) is 8.65. The normalized spacial score (nSPS) is 10.1. The van der Waals surface area contributed by atoms with Crippen LogP contribution in [0.4, 0.5) is 0 Å². The van der Waals surface area contributed by atoms with Gasteiger partial charge in [0.15, 0.2) is 11.4 Å². The minimum Gasteiger partial charge on any atom is -0.464 e. The maximum Gasteiger partial charge on any atom is 0.358 e. The van der Waals surface area contributed by atoms with Crippen LogP contribution in [0.15, 0.2) is 24.5 Å². The number of esters is 2. The fourth-order valence-corrected chi connectivity index (χ4v) is 1.28. The zero-order valence-corrected chi connectivity index (χ0v) is 9.73. The zero-order chi connectivity index (χ0) is 13.1. The Balaban J connectivity index is 2.26. The molecule has 0 amide bonds. The number of aromatic nitrogens is 4. The monoisotopic (exact) mass is 250 g/mol. The summed E-state index contributed by atoms with van der Waals surface area (Å²) in [5.41, 5.74) is 0.292. The topological polar surface area (TPSA) is 88.2 Å². The summed E-state index contributed by atoms with van der Waals surface area (Å²) in [6.07, 6.45) is 3.03. The second kappa shape index (κ2) is 4.70. The fraction of sp³-hybridized carbons (Fsp3) is 0.200. The maximum absolute atomic E-state index is 11.2. The number of nitrogens with zero attached hydrogens (tertiary/aromatic N) is 4. The van der Waals surface area contributed by atoms with Crippen molar-refractivity contribution in [2.24, 2.45) is 0 Å². The van der Waals surface area contributed by atoms with Gasteiger partial charge in [-0.05, 0) is 12.1 Å². The van der Waals surface area contributed by atoms with Crippen LogP contribution in [0.3, 0.4) is 0 Å². The highest BCUT2D eigenvalue weighted by atomic mass is 16.5. The van der Waals surface area contributed by atoms with Crippen molar-refractivity contribution in [3.8, 4) is 0 Å². The summed E-state index contributed by atoms with van der Waals surface area (Å²) in [5.74, 6) is -1.09. The summed E-state index contributed by atoms with van der Waals surface area (Å²) in [7, 11) is 2.54. The van der Waals surface area contributed by atoms with Crippen LogP contribution in [0.5, 0.6) is 0 Å². The molecule has 18 heavy (non-hydrogen) atoms. The average Bonchev–Trinajstić information content (AvgIpc) is 3.04. The van der Waals surface area contributed by atoms with Gasteiger partial charge in [0.2, 0.25) is 0 Å². The molecule has 0 aliphatic rings. The predicted octanol–water partition coefficient (Wildman–Crippen LogP) is -0.0358. The van der Waals surface area contributed by atoms with Crippen LogP contribution in [0.1, 0.15) is 21.0 Å². The Kier molecular flexibility index (Phi) is 3.09. The van der Waals surface area contributed by atoms with Gasteiger partial charge in [-0.2, -0.15) is 9.58 Å². The molecule has 2 heterocycles. The van der Waals surface area contributed by atoms with Crippen molar-refractivity contribution in [2.45, 2.75) is 0 Å². The first-order valence-electron chi connectivity index (χ1n) is 4.94. The van der Waals surface area contributed by atoms with Crippen LogP contribution in [0, 0.1) is 0 Å². The van der Waals surface area contributed by atoms with Crippen molar-refractivity contribution in [2.75, 3.05) is 14.2 Å². The molecule has 0 atom stereocenters. The van der Waals surface area contributed by atoms with Gasteiger partial charge in [0.25, 0.3) is 0 Å². The lowest BCUT2D eigenvalue weighted by molar-refractivity contribution is 0.0581. The van der Waals surface area contributed by atoms with Gasteiger partial charge in [-0.3, -0.25) is 0 Å². The molecule has 0 fully saturated rings. The maximum atomic E-state index is 11.2. The van der Waals surface area contributed by atoms with Gasteiger partial charge in [-0.1, -0.05) is 0 Å². The summed E-state index contributed by atoms with van der Waals surface area (Å²) in [6.45, 7) is 0. The fourth-order valence-electron chi connectivity index (χ4n) is 1.28. The van der Waals surface area contributed by atoms with E-state index in [9.17, 15) is 9.59 Å². The summed E-state index contributed by atoms with van der Waals surface area (Å²) < 4.78 is 9.06. The Labute approximate surface area is 102 Å². The molecule has 0 radical (unpaired) electrons. The van der Waals surface area contributed by atoms with Gasteiger partial charge < -0.3 is 9.47 Å². The van der Waals surface area contributed by atoms with Gasteiger partial charge in [-0.25, -0.2) is 9.59 Å². The molecule has 2 rings (SSSR count). The molecular weight excluding hydrogens is 240 g/mol. The summed E-state index contributed by atoms with van der Waals surface area (Å²) in [5, 5.41) is 7.88. The number of carbonyl (C=O) groups excluding carboxylic acids is 2. The second-order valence-corrected chi connectivity index (χ2v) is 3.23. The molecule has 2 aromatic heterocycles. The largest absolute Gasteiger partial charge is 0.464 e. The van der Waals surface area contributed by atoms with E-state index in [2.05, 4.69) is 19.7 Å². The van der Waals surface area contributed by atoms with Crippen LogP contribution in [-0.2, 0) is 9.47 Å². The Bertz CT molecular complexity index is 534. The Morgan fingerprint density at radius 3 is 1.67 bits per heavy atom. The molecule has 0 spiro atoms. The van der Waals surface area contributed by atoms with Crippen molar-refractivity contribution in [1.82, 2.24) is 19.8 Å². The van der Waals surface area contributed by atoms with Crippen molar-refractivity contribution in [3.05, 3.63) is 35.9 Å². The highest BCUT2D eigenvalue weighted by molar-refractivity contribution is 5.87. The third kappa shape index (κ3) is 2.08. The van der Waals surface area contributed by atoms with E-state index < -0.39 is 11.9 Å². The third-order valence-corrected chi connectivity index (χ3v) is 2.15. The molecule has 0 aromatic carbocycles. The second-order valence-electron chi connectivity index (χ2n) is 3.23. The molecule has 0 aliphatic carbocycles. The smallest absolute Gasteiger partial charge is 0.358 e. The van der Waals surface area contributed by atoms with Crippen LogP contribution >= 0.6 is 0 Å². The van der Waals surface area contributed by atoms with E-state index in [-0.39, 0.29) is 11.4 Å². The van der Waals surface area contributed by atoms with Gasteiger partial charge in [0, 0.05) is 0 Å². The highest BCUT2D eigenvalue weighted by Crippen LogP contribution is 2.01. The van der Waals surface area contributed by atoms with Crippen molar-refractivity contribution < 1.29 is 19.1 Å².